The molecule has 1 unspecified atom stereocenters. The Balaban J connectivity index is 2.15. The lowest BCUT2D eigenvalue weighted by atomic mass is 10.0. The van der Waals surface area contributed by atoms with Crippen LogP contribution in [-0.4, -0.2) is 0 Å². The average molecular weight is 274 g/mol. The first-order chi connectivity index (χ1) is 9.10. The van der Waals surface area contributed by atoms with Gasteiger partial charge in [-0.2, -0.15) is 0 Å². The van der Waals surface area contributed by atoms with Crippen LogP contribution in [0.15, 0.2) is 42.5 Å². The highest BCUT2D eigenvalue weighted by Crippen LogP contribution is 2.27. The van der Waals surface area contributed by atoms with Gasteiger partial charge in [-0.1, -0.05) is 48.9 Å². The smallest absolute Gasteiger partial charge is 0.0637 e. The van der Waals surface area contributed by atoms with Crippen molar-refractivity contribution in [3.63, 3.8) is 0 Å². The van der Waals surface area contributed by atoms with Crippen molar-refractivity contribution >= 4 is 17.3 Å². The Morgan fingerprint density at radius 2 is 1.79 bits per heavy atom. The Bertz CT molecular complexity index is 546. The second-order valence-corrected chi connectivity index (χ2v) is 5.35. The van der Waals surface area contributed by atoms with Gasteiger partial charge in [0.25, 0.3) is 0 Å². The summed E-state index contributed by atoms with van der Waals surface area (Å²) < 4.78 is 0. The second kappa shape index (κ2) is 6.12. The van der Waals surface area contributed by atoms with Crippen LogP contribution < -0.4 is 5.32 Å². The number of aryl methyl sites for hydroxylation is 2. The number of anilines is 1. The van der Waals surface area contributed by atoms with Gasteiger partial charge in [-0.25, -0.2) is 0 Å². The fraction of sp³-hybridized carbons (Fsp3) is 0.294. The molecular formula is C17H20ClN. The zero-order valence-electron chi connectivity index (χ0n) is 11.7. The number of hydrogen-bond acceptors (Lipinski definition) is 1. The minimum absolute atomic E-state index is 0.241. The first-order valence-corrected chi connectivity index (χ1v) is 7.09. The molecule has 2 aromatic rings. The molecular weight excluding hydrogens is 254 g/mol. The summed E-state index contributed by atoms with van der Waals surface area (Å²) in [6.07, 6.45) is 1.08. The molecule has 0 aromatic heterocycles. The van der Waals surface area contributed by atoms with E-state index in [1.807, 2.05) is 12.1 Å². The number of nitrogens with one attached hydrogen (secondary N) is 1. The predicted molar refractivity (Wildman–Crippen MR) is 84.0 cm³/mol. The van der Waals surface area contributed by atoms with Crippen molar-refractivity contribution < 1.29 is 0 Å². The minimum Gasteiger partial charge on any atom is -0.377 e. The molecule has 2 rings (SSSR count). The highest BCUT2D eigenvalue weighted by molar-refractivity contribution is 6.33. The molecule has 0 saturated carbocycles. The highest BCUT2D eigenvalue weighted by atomic mass is 35.5. The zero-order valence-corrected chi connectivity index (χ0v) is 12.5. The van der Waals surface area contributed by atoms with E-state index in [-0.39, 0.29) is 6.04 Å². The maximum absolute atomic E-state index is 6.21. The molecule has 2 heteroatoms. The quantitative estimate of drug-likeness (QED) is 0.788. The normalized spacial score (nSPS) is 12.2. The standard InChI is InChI=1S/C17H20ClN/c1-4-14-6-8-15(9-7-14)13(3)19-17-11-12(2)5-10-16(17)18/h5-11,13,19H,4H2,1-3H3. The third-order valence-electron chi connectivity index (χ3n) is 3.38. The topological polar surface area (TPSA) is 12.0 Å². The Morgan fingerprint density at radius 3 is 2.42 bits per heavy atom. The minimum atomic E-state index is 0.241. The number of rotatable bonds is 4. The third-order valence-corrected chi connectivity index (χ3v) is 3.71. The van der Waals surface area contributed by atoms with Crippen molar-refractivity contribution in [2.75, 3.05) is 5.32 Å². The van der Waals surface area contributed by atoms with Crippen LogP contribution in [0.2, 0.25) is 5.02 Å². The van der Waals surface area contributed by atoms with Crippen LogP contribution >= 0.6 is 11.6 Å². The van der Waals surface area contributed by atoms with Gasteiger partial charge in [-0.05, 0) is 49.1 Å². The molecule has 0 fully saturated rings. The molecule has 1 nitrogen and oxygen atoms in total. The van der Waals surface area contributed by atoms with Crippen molar-refractivity contribution in [1.29, 1.82) is 0 Å². The zero-order chi connectivity index (χ0) is 13.8. The summed E-state index contributed by atoms with van der Waals surface area (Å²) in [4.78, 5) is 0. The molecule has 100 valence electrons. The van der Waals surface area contributed by atoms with Gasteiger partial charge in [0.2, 0.25) is 0 Å². The van der Waals surface area contributed by atoms with Crippen molar-refractivity contribution in [2.45, 2.75) is 33.2 Å². The highest BCUT2D eigenvalue weighted by Gasteiger charge is 2.07. The molecule has 0 saturated heterocycles. The summed E-state index contributed by atoms with van der Waals surface area (Å²) in [5.41, 5.74) is 4.84. The summed E-state index contributed by atoms with van der Waals surface area (Å²) in [5.74, 6) is 0. The van der Waals surface area contributed by atoms with Crippen LogP contribution in [0.3, 0.4) is 0 Å². The summed E-state index contributed by atoms with van der Waals surface area (Å²) in [7, 11) is 0. The maximum Gasteiger partial charge on any atom is 0.0637 e. The number of benzene rings is 2. The fourth-order valence-electron chi connectivity index (χ4n) is 2.11. The van der Waals surface area contributed by atoms with Gasteiger partial charge in [-0.3, -0.25) is 0 Å². The van der Waals surface area contributed by atoms with E-state index in [0.717, 1.165) is 17.1 Å². The van der Waals surface area contributed by atoms with Crippen LogP contribution in [0.4, 0.5) is 5.69 Å². The Morgan fingerprint density at radius 1 is 1.11 bits per heavy atom. The first-order valence-electron chi connectivity index (χ1n) is 6.71. The van der Waals surface area contributed by atoms with Gasteiger partial charge >= 0.3 is 0 Å². The largest absolute Gasteiger partial charge is 0.377 e. The maximum atomic E-state index is 6.21. The Labute approximate surface area is 120 Å². The molecule has 0 aliphatic carbocycles. The summed E-state index contributed by atoms with van der Waals surface area (Å²) in [6.45, 7) is 6.39. The molecule has 0 aliphatic rings. The van der Waals surface area contributed by atoms with Crippen LogP contribution in [0.25, 0.3) is 0 Å². The monoisotopic (exact) mass is 273 g/mol. The SMILES string of the molecule is CCc1ccc(C(C)Nc2cc(C)ccc2Cl)cc1. The predicted octanol–water partition coefficient (Wildman–Crippen LogP) is 5.38. The van der Waals surface area contributed by atoms with E-state index < -0.39 is 0 Å². The van der Waals surface area contributed by atoms with Crippen molar-refractivity contribution in [1.82, 2.24) is 0 Å². The molecule has 0 radical (unpaired) electrons. The fourth-order valence-corrected chi connectivity index (χ4v) is 2.28. The number of halogens is 1. The molecule has 0 spiro atoms. The molecule has 0 heterocycles. The van der Waals surface area contributed by atoms with Gasteiger partial charge in [0.15, 0.2) is 0 Å². The van der Waals surface area contributed by atoms with Gasteiger partial charge in [0.1, 0.15) is 0 Å². The summed E-state index contributed by atoms with van der Waals surface area (Å²) in [5, 5.41) is 4.24. The molecule has 2 aromatic carbocycles. The van der Waals surface area contributed by atoms with Crippen molar-refractivity contribution in [3.05, 3.63) is 64.2 Å². The summed E-state index contributed by atoms with van der Waals surface area (Å²) in [6, 6.07) is 15.0. The molecule has 0 amide bonds. The van der Waals surface area contributed by atoms with Gasteiger partial charge in [-0.15, -0.1) is 0 Å². The van der Waals surface area contributed by atoms with Crippen molar-refractivity contribution in [3.8, 4) is 0 Å². The van der Waals surface area contributed by atoms with Crippen LogP contribution in [0, 0.1) is 6.92 Å². The Kier molecular flexibility index (Phi) is 4.49. The lowest BCUT2D eigenvalue weighted by molar-refractivity contribution is 0.882. The lowest BCUT2D eigenvalue weighted by Crippen LogP contribution is -2.07. The molecule has 1 N–H and O–H groups in total. The van der Waals surface area contributed by atoms with E-state index in [1.165, 1.54) is 16.7 Å². The second-order valence-electron chi connectivity index (χ2n) is 4.94. The van der Waals surface area contributed by atoms with Gasteiger partial charge in [0, 0.05) is 6.04 Å². The van der Waals surface area contributed by atoms with Crippen LogP contribution in [-0.2, 0) is 6.42 Å². The molecule has 19 heavy (non-hydrogen) atoms. The summed E-state index contributed by atoms with van der Waals surface area (Å²) >= 11 is 6.21. The molecule has 1 atom stereocenters. The van der Waals surface area contributed by atoms with Gasteiger partial charge in [0.05, 0.1) is 10.7 Å². The van der Waals surface area contributed by atoms with Crippen LogP contribution in [0.5, 0.6) is 0 Å². The average Bonchev–Trinajstić information content (AvgIpc) is 2.43. The Hall–Kier alpha value is -1.47. The molecule has 0 aliphatic heterocycles. The van der Waals surface area contributed by atoms with E-state index in [2.05, 4.69) is 56.4 Å². The van der Waals surface area contributed by atoms with E-state index in [4.69, 9.17) is 11.6 Å². The third kappa shape index (κ3) is 3.51. The number of hydrogen-bond donors (Lipinski definition) is 1. The van der Waals surface area contributed by atoms with E-state index >= 15 is 0 Å². The van der Waals surface area contributed by atoms with Crippen molar-refractivity contribution in [2.24, 2.45) is 0 Å². The van der Waals surface area contributed by atoms with E-state index in [9.17, 15) is 0 Å². The van der Waals surface area contributed by atoms with E-state index in [1.54, 1.807) is 0 Å². The van der Waals surface area contributed by atoms with E-state index in [0.29, 0.717) is 0 Å². The van der Waals surface area contributed by atoms with Gasteiger partial charge < -0.3 is 5.32 Å². The molecule has 0 bridgehead atoms. The lowest BCUT2D eigenvalue weighted by Gasteiger charge is -2.17. The first kappa shape index (κ1) is 14.0. The van der Waals surface area contributed by atoms with Crippen LogP contribution in [0.1, 0.15) is 36.6 Å².